The average molecular weight is 772 g/mol. The molecule has 0 radical (unpaired) electrons. The molecule has 1 saturated carbocycles. The second-order valence-electron chi connectivity index (χ2n) is 15.2. The summed E-state index contributed by atoms with van der Waals surface area (Å²) in [5.41, 5.74) is -1.15. The molecule has 15 nitrogen and oxygen atoms in total. The van der Waals surface area contributed by atoms with Crippen LogP contribution < -0.4 is 19.4 Å². The molecule has 3 fully saturated rings. The quantitative estimate of drug-likeness (QED) is 0.0870. The summed E-state index contributed by atoms with van der Waals surface area (Å²) in [5.74, 6) is -6.91. The molecule has 2 heterocycles. The van der Waals surface area contributed by atoms with Gasteiger partial charge in [-0.05, 0) is 49.4 Å². The van der Waals surface area contributed by atoms with Crippen molar-refractivity contribution in [3.63, 3.8) is 0 Å². The van der Waals surface area contributed by atoms with Crippen LogP contribution in [0, 0.1) is 49.3 Å². The van der Waals surface area contributed by atoms with Crippen molar-refractivity contribution < 1.29 is 38.9 Å². The highest BCUT2D eigenvalue weighted by atomic mass is 16.6. The van der Waals surface area contributed by atoms with Crippen molar-refractivity contribution in [1.29, 1.82) is 0 Å². The van der Waals surface area contributed by atoms with Crippen LogP contribution in [0.4, 0.5) is 28.4 Å². The molecule has 57 heavy (non-hydrogen) atoms. The largest absolute Gasteiger partial charge is 0.508 e. The third kappa shape index (κ3) is 5.71. The third-order valence-corrected chi connectivity index (χ3v) is 12.0. The van der Waals surface area contributed by atoms with Crippen molar-refractivity contribution in [2.24, 2.45) is 29.1 Å². The molecule has 2 aliphatic heterocycles. The number of ether oxygens (including phenoxy) is 1. The minimum Gasteiger partial charge on any atom is -0.508 e. The molecule has 0 unspecified atom stereocenters. The number of nitro groups is 2. The summed E-state index contributed by atoms with van der Waals surface area (Å²) in [6.07, 6.45) is 1.85. The van der Waals surface area contributed by atoms with Crippen LogP contribution in [0.5, 0.6) is 11.5 Å². The zero-order chi connectivity index (χ0) is 40.5. The van der Waals surface area contributed by atoms with E-state index in [0.717, 1.165) is 27.5 Å². The van der Waals surface area contributed by atoms with E-state index in [1.54, 1.807) is 55.5 Å². The Hall–Kier alpha value is -6.90. The number of phenols is 1. The second-order valence-corrected chi connectivity index (χ2v) is 15.2. The molecule has 1 N–H and O–H groups in total. The van der Waals surface area contributed by atoms with E-state index >= 15 is 0 Å². The number of rotatable bonds is 9. The van der Waals surface area contributed by atoms with Gasteiger partial charge in [-0.25, -0.2) is 9.80 Å². The molecule has 15 heteroatoms. The lowest BCUT2D eigenvalue weighted by atomic mass is 9.51. The maximum Gasteiger partial charge on any atom is 0.301 e. The van der Waals surface area contributed by atoms with Crippen molar-refractivity contribution in [3.8, 4) is 11.5 Å². The highest BCUT2D eigenvalue weighted by Crippen LogP contribution is 2.64. The van der Waals surface area contributed by atoms with Crippen LogP contribution in [0.3, 0.4) is 0 Å². The summed E-state index contributed by atoms with van der Waals surface area (Å²) < 4.78 is 5.97. The first-order valence-corrected chi connectivity index (χ1v) is 18.4. The number of fused-ring (bicyclic) bond motifs is 4. The van der Waals surface area contributed by atoms with Crippen molar-refractivity contribution in [1.82, 2.24) is 0 Å². The minimum atomic E-state index is -1.43. The third-order valence-electron chi connectivity index (χ3n) is 12.0. The Balaban J connectivity index is 1.22. The predicted octanol–water partition coefficient (Wildman–Crippen LogP) is 6.29. The molecule has 0 bridgehead atoms. The SMILES string of the molecule is CN(C)c1c([N+](=O)[O-])cc(N2C(=O)[C@H]3[C@H](CC=C4[C@H]3C[C@H]3C(=O)N(c5ccccc5)C(=O)[C@@]3(C)[C@H]4c3ccc(OCc4ccccc4)cc3O)C2=O)cc1[N+](=O)[O-]. The van der Waals surface area contributed by atoms with Gasteiger partial charge in [0, 0.05) is 43.8 Å². The Bertz CT molecular complexity index is 2380. The maximum atomic E-state index is 14.7. The number of hydrogen-bond acceptors (Lipinski definition) is 11. The average Bonchev–Trinajstić information content (AvgIpc) is 3.56. The normalized spacial score (nSPS) is 25.1. The Labute approximate surface area is 326 Å². The zero-order valence-corrected chi connectivity index (χ0v) is 31.1. The summed E-state index contributed by atoms with van der Waals surface area (Å²) in [6, 6.07) is 24.7. The summed E-state index contributed by atoms with van der Waals surface area (Å²) >= 11 is 0. The van der Waals surface area contributed by atoms with Crippen LogP contribution in [0.1, 0.15) is 36.8 Å². The van der Waals surface area contributed by atoms with E-state index in [1.807, 2.05) is 30.3 Å². The molecular formula is C42H37N5O10. The molecule has 290 valence electrons. The van der Waals surface area contributed by atoms with Gasteiger partial charge >= 0.3 is 11.4 Å². The van der Waals surface area contributed by atoms with Crippen LogP contribution in [0.2, 0.25) is 0 Å². The molecule has 4 aromatic carbocycles. The van der Waals surface area contributed by atoms with Gasteiger partial charge in [0.25, 0.3) is 0 Å². The van der Waals surface area contributed by atoms with Gasteiger partial charge in [-0.15, -0.1) is 0 Å². The number of phenolic OH excluding ortho intramolecular Hbond substituents is 1. The van der Waals surface area contributed by atoms with Gasteiger partial charge < -0.3 is 14.7 Å². The summed E-state index contributed by atoms with van der Waals surface area (Å²) in [7, 11) is 2.82. The van der Waals surface area contributed by atoms with E-state index in [9.17, 15) is 44.5 Å². The second kappa shape index (κ2) is 13.7. The van der Waals surface area contributed by atoms with Crippen LogP contribution in [-0.4, -0.2) is 52.7 Å². The number of benzene rings is 4. The minimum absolute atomic E-state index is 0.0136. The molecule has 6 atom stereocenters. The number of imide groups is 2. The topological polar surface area (TPSA) is 194 Å². The molecule has 2 saturated heterocycles. The number of carbonyl (C=O) groups is 4. The number of amides is 4. The summed E-state index contributed by atoms with van der Waals surface area (Å²) in [5, 5.41) is 36.1. The summed E-state index contributed by atoms with van der Waals surface area (Å²) in [4.78, 5) is 84.0. The first-order chi connectivity index (χ1) is 27.2. The Morgan fingerprint density at radius 2 is 1.44 bits per heavy atom. The number of aromatic hydroxyl groups is 1. The Kier molecular flexibility index (Phi) is 8.90. The number of allylic oxidation sites excluding steroid dienone is 2. The molecule has 0 spiro atoms. The molecule has 2 aliphatic carbocycles. The lowest BCUT2D eigenvalue weighted by Crippen LogP contribution is -2.48. The van der Waals surface area contributed by atoms with Gasteiger partial charge in [0.15, 0.2) is 5.69 Å². The van der Waals surface area contributed by atoms with Crippen LogP contribution in [0.25, 0.3) is 0 Å². The van der Waals surface area contributed by atoms with Crippen molar-refractivity contribution in [2.45, 2.75) is 32.3 Å². The van der Waals surface area contributed by atoms with Crippen LogP contribution in [-0.2, 0) is 25.8 Å². The van der Waals surface area contributed by atoms with Gasteiger partial charge in [-0.2, -0.15) is 0 Å². The lowest BCUT2D eigenvalue weighted by molar-refractivity contribution is -0.392. The van der Waals surface area contributed by atoms with Crippen LogP contribution in [0.15, 0.2) is 103 Å². The van der Waals surface area contributed by atoms with Gasteiger partial charge in [0.2, 0.25) is 23.6 Å². The fourth-order valence-electron chi connectivity index (χ4n) is 9.49. The van der Waals surface area contributed by atoms with Gasteiger partial charge in [-0.3, -0.25) is 39.4 Å². The van der Waals surface area contributed by atoms with Crippen molar-refractivity contribution in [3.05, 3.63) is 134 Å². The highest BCUT2D eigenvalue weighted by molar-refractivity contribution is 6.25. The van der Waals surface area contributed by atoms with E-state index in [2.05, 4.69) is 0 Å². The molecular weight excluding hydrogens is 734 g/mol. The van der Waals surface area contributed by atoms with E-state index in [-0.39, 0.29) is 36.6 Å². The monoisotopic (exact) mass is 771 g/mol. The number of para-hydroxylation sites is 1. The first-order valence-electron chi connectivity index (χ1n) is 18.4. The predicted molar refractivity (Wildman–Crippen MR) is 207 cm³/mol. The highest BCUT2D eigenvalue weighted by Gasteiger charge is 2.68. The first kappa shape index (κ1) is 37.0. The fraction of sp³-hybridized carbons (Fsp3) is 0.286. The smallest absolute Gasteiger partial charge is 0.301 e. The van der Waals surface area contributed by atoms with Gasteiger partial charge in [-0.1, -0.05) is 66.2 Å². The fourth-order valence-corrected chi connectivity index (χ4v) is 9.49. The Morgan fingerprint density at radius 1 is 0.807 bits per heavy atom. The standard InChI is InChI=1S/C42H37N5O10/c1-42-31(39(50)45(41(42)52)24-12-8-5-9-13-24)21-30-27(36(42)28-15-14-26(20-34(28)48)57-22-23-10-6-4-7-11-23)16-17-29-35(30)40(51)44(38(29)49)25-18-32(46(53)54)37(43(2)3)33(19-25)47(55)56/h4-16,18-20,29-31,35-36,48H,17,21-22H2,1-3H3/t29-,30+,31-,35-,36+,42+/m0/s1. The maximum absolute atomic E-state index is 14.7. The van der Waals surface area contributed by atoms with Crippen molar-refractivity contribution in [2.75, 3.05) is 28.8 Å². The Morgan fingerprint density at radius 3 is 2.04 bits per heavy atom. The number of nitro benzene ring substituents is 2. The van der Waals surface area contributed by atoms with E-state index in [4.69, 9.17) is 4.74 Å². The van der Waals surface area contributed by atoms with Gasteiger partial charge in [0.05, 0.1) is 44.4 Å². The number of anilines is 3. The molecule has 4 aliphatic rings. The number of nitrogens with zero attached hydrogens (tertiary/aromatic N) is 5. The van der Waals surface area contributed by atoms with Gasteiger partial charge in [0.1, 0.15) is 18.1 Å². The molecule has 4 aromatic rings. The van der Waals surface area contributed by atoms with E-state index in [1.165, 1.54) is 25.1 Å². The summed E-state index contributed by atoms with van der Waals surface area (Å²) in [6.45, 7) is 1.93. The number of carbonyl (C=O) groups excluding carboxylic acids is 4. The zero-order valence-electron chi connectivity index (χ0n) is 31.1. The van der Waals surface area contributed by atoms with E-state index < -0.39 is 79.9 Å². The van der Waals surface area contributed by atoms with E-state index in [0.29, 0.717) is 22.6 Å². The molecule has 0 aromatic heterocycles. The molecule has 4 amide bonds. The lowest BCUT2D eigenvalue weighted by Gasteiger charge is -2.49. The molecule has 8 rings (SSSR count). The van der Waals surface area contributed by atoms with Crippen LogP contribution >= 0.6 is 0 Å². The van der Waals surface area contributed by atoms with Crippen molar-refractivity contribution >= 4 is 52.1 Å². The number of hydrogen-bond donors (Lipinski definition) is 1.